The molecule has 0 aromatic carbocycles. The first-order valence-electron chi connectivity index (χ1n) is 8.10. The molecule has 2 aliphatic rings. The molecule has 1 aromatic rings. The van der Waals surface area contributed by atoms with Crippen LogP contribution in [0.5, 0.6) is 0 Å². The predicted molar refractivity (Wildman–Crippen MR) is 84.7 cm³/mol. The smallest absolute Gasteiger partial charge is 0.380 e. The van der Waals surface area contributed by atoms with Crippen molar-refractivity contribution in [1.82, 2.24) is 9.71 Å². The number of carbonyl (C=O) groups excluding carboxylic acids is 1. The van der Waals surface area contributed by atoms with Gasteiger partial charge >= 0.3 is 6.18 Å². The summed E-state index contributed by atoms with van der Waals surface area (Å²) in [6.07, 6.45) is -4.50. The number of nitrogens with zero attached hydrogens (tertiary/aromatic N) is 2. The van der Waals surface area contributed by atoms with Gasteiger partial charge in [-0.1, -0.05) is 6.07 Å². The number of amides is 1. The van der Waals surface area contributed by atoms with E-state index in [2.05, 4.69) is 4.98 Å². The molecule has 1 amide bonds. The maximum absolute atomic E-state index is 12.9. The zero-order chi connectivity index (χ0) is 19.2. The van der Waals surface area contributed by atoms with E-state index in [1.54, 1.807) is 0 Å². The van der Waals surface area contributed by atoms with E-state index in [0.717, 1.165) is 0 Å². The van der Waals surface area contributed by atoms with E-state index < -0.39 is 40.5 Å². The Morgan fingerprint density at radius 1 is 1.27 bits per heavy atom. The number of halogens is 3. The predicted octanol–water partition coefficient (Wildman–Crippen LogP) is 1.19. The van der Waals surface area contributed by atoms with Crippen LogP contribution in [-0.2, 0) is 14.8 Å². The van der Waals surface area contributed by atoms with E-state index in [0.29, 0.717) is 12.8 Å². The quantitative estimate of drug-likeness (QED) is 0.797. The van der Waals surface area contributed by atoms with Crippen LogP contribution in [0, 0.1) is 5.92 Å². The van der Waals surface area contributed by atoms with E-state index in [9.17, 15) is 31.5 Å². The van der Waals surface area contributed by atoms with E-state index in [-0.39, 0.29) is 29.9 Å². The van der Waals surface area contributed by atoms with Crippen molar-refractivity contribution in [3.63, 3.8) is 0 Å². The molecule has 11 heteroatoms. The number of aromatic nitrogens is 1. The van der Waals surface area contributed by atoms with Crippen molar-refractivity contribution in [2.24, 2.45) is 5.92 Å². The maximum atomic E-state index is 12.9. The number of pyridine rings is 1. The summed E-state index contributed by atoms with van der Waals surface area (Å²) in [5, 5.41) is 9.32. The van der Waals surface area contributed by atoms with Crippen molar-refractivity contribution < 1.29 is 31.5 Å². The first-order chi connectivity index (χ1) is 12.0. The lowest BCUT2D eigenvalue weighted by atomic mass is 9.91. The average Bonchev–Trinajstić information content (AvgIpc) is 3.39. The summed E-state index contributed by atoms with van der Waals surface area (Å²) in [7, 11) is -4.14. The van der Waals surface area contributed by atoms with Gasteiger partial charge in [0, 0.05) is 31.8 Å². The molecular formula is C15H18F3N3O4S. The van der Waals surface area contributed by atoms with Crippen LogP contribution in [0.15, 0.2) is 23.2 Å². The Morgan fingerprint density at radius 2 is 1.88 bits per heavy atom. The molecule has 2 N–H and O–H groups in total. The lowest BCUT2D eigenvalue weighted by Crippen LogP contribution is -2.53. The lowest BCUT2D eigenvalue weighted by Gasteiger charge is -2.39. The molecule has 2 heterocycles. The Labute approximate surface area is 148 Å². The molecule has 0 spiro atoms. The molecule has 1 aromatic heterocycles. The van der Waals surface area contributed by atoms with Crippen molar-refractivity contribution >= 4 is 21.7 Å². The van der Waals surface area contributed by atoms with Gasteiger partial charge in [0.05, 0.1) is 0 Å². The zero-order valence-electron chi connectivity index (χ0n) is 13.7. The van der Waals surface area contributed by atoms with Crippen molar-refractivity contribution in [3.8, 4) is 0 Å². The molecule has 26 heavy (non-hydrogen) atoms. The summed E-state index contributed by atoms with van der Waals surface area (Å²) in [4.78, 5) is 17.1. The number of sulfonamides is 1. The number of nitrogens with one attached hydrogen (secondary N) is 1. The Morgan fingerprint density at radius 3 is 2.42 bits per heavy atom. The Bertz CT molecular complexity index is 801. The standard InChI is InChI=1S/C15H18F3N3O4S/c16-15(17,18)14(23)6-8-21(9-7-14)11-2-1-3-12(19-11)26(24,25)20-13(22)10-4-5-10/h1-3,10,23H,4-9H2,(H,20,22). The fourth-order valence-electron chi connectivity index (χ4n) is 2.73. The first kappa shape index (κ1) is 18.9. The van der Waals surface area contributed by atoms with Gasteiger partial charge < -0.3 is 10.0 Å². The number of aliphatic hydroxyl groups is 1. The summed E-state index contributed by atoms with van der Waals surface area (Å²) in [6, 6.07) is 4.09. The molecule has 0 unspecified atom stereocenters. The highest BCUT2D eigenvalue weighted by Gasteiger charge is 2.54. The van der Waals surface area contributed by atoms with Crippen LogP contribution in [0.2, 0.25) is 0 Å². The van der Waals surface area contributed by atoms with Gasteiger partial charge in [0.2, 0.25) is 5.91 Å². The number of piperidine rings is 1. The van der Waals surface area contributed by atoms with Gasteiger partial charge in [-0.15, -0.1) is 0 Å². The largest absolute Gasteiger partial charge is 0.417 e. The molecule has 1 saturated heterocycles. The van der Waals surface area contributed by atoms with Crippen LogP contribution in [0.4, 0.5) is 19.0 Å². The van der Waals surface area contributed by atoms with Gasteiger partial charge in [-0.25, -0.2) is 9.71 Å². The third-order valence-corrected chi connectivity index (χ3v) is 5.86. The Hall–Kier alpha value is -1.88. The highest BCUT2D eigenvalue weighted by atomic mass is 32.2. The van der Waals surface area contributed by atoms with Crippen LogP contribution >= 0.6 is 0 Å². The normalized spacial score (nSPS) is 20.7. The summed E-state index contributed by atoms with van der Waals surface area (Å²) in [6.45, 7) is -0.248. The first-order valence-corrected chi connectivity index (χ1v) is 9.58. The summed E-state index contributed by atoms with van der Waals surface area (Å²) in [5.74, 6) is -0.698. The third-order valence-electron chi connectivity index (χ3n) is 4.61. The number of hydrogen-bond acceptors (Lipinski definition) is 6. The van der Waals surface area contributed by atoms with Gasteiger partial charge in [-0.2, -0.15) is 21.6 Å². The minimum absolute atomic E-state index is 0.124. The van der Waals surface area contributed by atoms with Gasteiger partial charge in [-0.05, 0) is 25.0 Å². The highest BCUT2D eigenvalue weighted by Crippen LogP contribution is 2.39. The summed E-state index contributed by atoms with van der Waals surface area (Å²) >= 11 is 0. The molecule has 0 radical (unpaired) electrons. The maximum Gasteiger partial charge on any atom is 0.417 e. The van der Waals surface area contributed by atoms with Crippen LogP contribution in [0.25, 0.3) is 0 Å². The van der Waals surface area contributed by atoms with Crippen LogP contribution in [0.1, 0.15) is 25.7 Å². The molecule has 1 saturated carbocycles. The summed E-state index contributed by atoms with van der Waals surface area (Å²) < 4.78 is 65.0. The van der Waals surface area contributed by atoms with Crippen molar-refractivity contribution in [2.45, 2.75) is 42.5 Å². The van der Waals surface area contributed by atoms with Gasteiger partial charge in [0.1, 0.15) is 5.82 Å². The Kier molecular flexibility index (Phi) is 4.63. The number of anilines is 1. The Balaban J connectivity index is 1.73. The second-order valence-corrected chi connectivity index (χ2v) is 8.22. The minimum atomic E-state index is -4.72. The van der Waals surface area contributed by atoms with Gasteiger partial charge in [0.15, 0.2) is 10.6 Å². The number of alkyl halides is 3. The topological polar surface area (TPSA) is 99.6 Å². The third kappa shape index (κ3) is 3.78. The van der Waals surface area contributed by atoms with Crippen molar-refractivity contribution in [3.05, 3.63) is 18.2 Å². The van der Waals surface area contributed by atoms with E-state index in [1.807, 2.05) is 4.72 Å². The van der Waals surface area contributed by atoms with E-state index in [1.165, 1.54) is 23.1 Å². The molecule has 2 fully saturated rings. The van der Waals surface area contributed by atoms with Crippen molar-refractivity contribution in [2.75, 3.05) is 18.0 Å². The molecule has 7 nitrogen and oxygen atoms in total. The fourth-order valence-corrected chi connectivity index (χ4v) is 3.74. The van der Waals surface area contributed by atoms with E-state index in [4.69, 9.17) is 0 Å². The molecule has 1 aliphatic carbocycles. The second kappa shape index (κ2) is 6.38. The average molecular weight is 393 g/mol. The summed E-state index contributed by atoms with van der Waals surface area (Å²) in [5.41, 5.74) is -2.74. The van der Waals surface area contributed by atoms with Gasteiger partial charge in [0.25, 0.3) is 10.0 Å². The monoisotopic (exact) mass is 393 g/mol. The molecule has 0 bridgehead atoms. The minimum Gasteiger partial charge on any atom is -0.380 e. The molecule has 0 atom stereocenters. The highest BCUT2D eigenvalue weighted by molar-refractivity contribution is 7.90. The lowest BCUT2D eigenvalue weighted by molar-refractivity contribution is -0.266. The molecule has 144 valence electrons. The van der Waals surface area contributed by atoms with Crippen LogP contribution in [0.3, 0.4) is 0 Å². The zero-order valence-corrected chi connectivity index (χ0v) is 14.5. The number of rotatable bonds is 4. The molecule has 1 aliphatic heterocycles. The fraction of sp³-hybridized carbons (Fsp3) is 0.600. The van der Waals surface area contributed by atoms with Gasteiger partial charge in [-0.3, -0.25) is 4.79 Å². The number of carbonyl (C=O) groups is 1. The molecule has 3 rings (SSSR count). The van der Waals surface area contributed by atoms with E-state index >= 15 is 0 Å². The number of hydrogen-bond donors (Lipinski definition) is 2. The SMILES string of the molecule is O=C(NS(=O)(=O)c1cccc(N2CCC(O)(C(F)(F)F)CC2)n1)C1CC1. The van der Waals surface area contributed by atoms with Crippen LogP contribution in [-0.4, -0.2) is 49.3 Å². The van der Waals surface area contributed by atoms with Crippen molar-refractivity contribution in [1.29, 1.82) is 0 Å². The second-order valence-electron chi connectivity index (χ2n) is 6.59. The molecular weight excluding hydrogens is 375 g/mol. The van der Waals surface area contributed by atoms with Crippen LogP contribution < -0.4 is 9.62 Å².